The fourth-order valence-corrected chi connectivity index (χ4v) is 9.76. The van der Waals surface area contributed by atoms with Gasteiger partial charge in [0.05, 0.1) is 30.7 Å². The number of phenolic OH excluding ortho intramolecular Hbond substituents is 1. The number of ether oxygens (including phenoxy) is 1. The van der Waals surface area contributed by atoms with Gasteiger partial charge in [-0.05, 0) is 60.7 Å². The van der Waals surface area contributed by atoms with E-state index in [-0.39, 0.29) is 38.9 Å². The molecule has 17 heteroatoms. The normalized spacial score (nSPS) is 29.7. The minimum absolute atomic E-state index is 0.00775. The fraction of sp³-hybridized carbons (Fsp3) is 0.333. The summed E-state index contributed by atoms with van der Waals surface area (Å²) in [6.07, 6.45) is 0.868. The molecule has 1 N–H and O–H groups in total. The number of phenols is 1. The summed E-state index contributed by atoms with van der Waals surface area (Å²) in [5.74, 6) is -21.9. The van der Waals surface area contributed by atoms with Crippen molar-refractivity contribution >= 4 is 75.5 Å². The number of benzene rings is 3. The third kappa shape index (κ3) is 4.84. The number of allylic oxidation sites excluding steroid dienone is 2. The molecule has 0 bridgehead atoms. The highest BCUT2D eigenvalue weighted by Crippen LogP contribution is 2.66. The van der Waals surface area contributed by atoms with Crippen LogP contribution in [0.2, 0.25) is 5.02 Å². The molecule has 9 nitrogen and oxygen atoms in total. The number of fused-ring (bicyclic) bond motifs is 4. The first-order chi connectivity index (χ1) is 25.1. The van der Waals surface area contributed by atoms with Crippen molar-refractivity contribution in [2.45, 2.75) is 28.5 Å². The van der Waals surface area contributed by atoms with Gasteiger partial charge in [0, 0.05) is 29.7 Å². The molecule has 53 heavy (non-hydrogen) atoms. The number of hydrogen-bond acceptors (Lipinski definition) is 7. The molecule has 0 spiro atoms. The zero-order valence-electron chi connectivity index (χ0n) is 27.0. The van der Waals surface area contributed by atoms with Gasteiger partial charge in [0.1, 0.15) is 11.4 Å². The van der Waals surface area contributed by atoms with Gasteiger partial charge in [-0.25, -0.2) is 26.9 Å². The van der Waals surface area contributed by atoms with Crippen molar-refractivity contribution < 1.29 is 51.0 Å². The largest absolute Gasteiger partial charge is 0.508 e. The number of anilines is 3. The van der Waals surface area contributed by atoms with Crippen molar-refractivity contribution in [1.82, 2.24) is 0 Å². The summed E-state index contributed by atoms with van der Waals surface area (Å²) >= 11 is 20.8. The molecule has 5 aliphatic rings. The third-order valence-electron chi connectivity index (χ3n) is 11.0. The van der Waals surface area contributed by atoms with Gasteiger partial charge < -0.3 is 14.7 Å². The number of hydrogen-bond donors (Lipinski definition) is 1. The second-order valence-corrected chi connectivity index (χ2v) is 15.2. The van der Waals surface area contributed by atoms with Gasteiger partial charge in [-0.2, -0.15) is 0 Å². The summed E-state index contributed by atoms with van der Waals surface area (Å²) in [5.41, 5.74) is -0.527. The molecule has 3 heterocycles. The minimum Gasteiger partial charge on any atom is -0.508 e. The Morgan fingerprint density at radius 1 is 0.755 bits per heavy atom. The lowest BCUT2D eigenvalue weighted by molar-refractivity contribution is -0.125. The van der Waals surface area contributed by atoms with Gasteiger partial charge in [-0.1, -0.05) is 29.3 Å². The van der Waals surface area contributed by atoms with E-state index in [9.17, 15) is 37.5 Å². The number of amides is 4. The lowest BCUT2D eigenvalue weighted by Gasteiger charge is -2.50. The quantitative estimate of drug-likeness (QED) is 0.0820. The first-order valence-electron chi connectivity index (χ1n) is 16.4. The average Bonchev–Trinajstić information content (AvgIpc) is 3.48. The molecular formula is C36H25Cl3F5N3O6. The first kappa shape index (κ1) is 35.8. The van der Waals surface area contributed by atoms with Gasteiger partial charge >= 0.3 is 0 Å². The highest BCUT2D eigenvalue weighted by atomic mass is 35.5. The van der Waals surface area contributed by atoms with E-state index in [1.165, 1.54) is 12.1 Å². The van der Waals surface area contributed by atoms with Crippen LogP contribution >= 0.6 is 34.8 Å². The van der Waals surface area contributed by atoms with Crippen LogP contribution in [0.15, 0.2) is 54.1 Å². The Labute approximate surface area is 312 Å². The minimum atomic E-state index is -2.73. The molecule has 3 saturated heterocycles. The second-order valence-electron chi connectivity index (χ2n) is 13.5. The monoisotopic (exact) mass is 795 g/mol. The van der Waals surface area contributed by atoms with Crippen molar-refractivity contribution in [2.75, 3.05) is 41.0 Å². The van der Waals surface area contributed by atoms with Crippen LogP contribution in [-0.2, 0) is 23.9 Å². The van der Waals surface area contributed by atoms with E-state index in [4.69, 9.17) is 39.5 Å². The molecule has 0 aromatic heterocycles. The van der Waals surface area contributed by atoms with Crippen LogP contribution in [0, 0.1) is 46.8 Å². The predicted molar refractivity (Wildman–Crippen MR) is 182 cm³/mol. The summed E-state index contributed by atoms with van der Waals surface area (Å²) in [6, 6.07) is 10.3. The summed E-state index contributed by atoms with van der Waals surface area (Å²) < 4.78 is 78.9. The van der Waals surface area contributed by atoms with Crippen LogP contribution in [0.4, 0.5) is 39.0 Å². The van der Waals surface area contributed by atoms with Gasteiger partial charge in [-0.15, -0.1) is 23.2 Å². The number of carbonyl (C=O) groups is 4. The van der Waals surface area contributed by atoms with Gasteiger partial charge in [0.15, 0.2) is 33.0 Å². The first-order valence-corrected chi connectivity index (χ1v) is 17.5. The number of alkyl halides is 2. The van der Waals surface area contributed by atoms with Crippen molar-refractivity contribution in [3.63, 3.8) is 0 Å². The fourth-order valence-electron chi connectivity index (χ4n) is 8.55. The zero-order chi connectivity index (χ0) is 37.9. The summed E-state index contributed by atoms with van der Waals surface area (Å²) in [5, 5.41) is 9.95. The summed E-state index contributed by atoms with van der Waals surface area (Å²) in [6.45, 7) is 2.39. The molecule has 6 atom stereocenters. The highest BCUT2D eigenvalue weighted by Gasteiger charge is 2.77. The Balaban J connectivity index is 1.25. The van der Waals surface area contributed by atoms with Crippen molar-refractivity contribution in [3.05, 3.63) is 93.8 Å². The van der Waals surface area contributed by atoms with E-state index < -0.39 is 98.2 Å². The van der Waals surface area contributed by atoms with Crippen LogP contribution in [0.5, 0.6) is 5.75 Å². The molecule has 276 valence electrons. The van der Waals surface area contributed by atoms with E-state index in [0.717, 1.165) is 16.7 Å². The lowest BCUT2D eigenvalue weighted by atomic mass is 9.56. The Morgan fingerprint density at radius 3 is 1.98 bits per heavy atom. The maximum absolute atomic E-state index is 15.2. The third-order valence-corrected chi connectivity index (χ3v) is 12.7. The predicted octanol–water partition coefficient (Wildman–Crippen LogP) is 6.35. The molecule has 4 amide bonds. The maximum Gasteiger partial charge on any atom is 0.258 e. The van der Waals surface area contributed by atoms with Crippen LogP contribution in [0.1, 0.15) is 24.3 Å². The molecule has 0 radical (unpaired) electrons. The van der Waals surface area contributed by atoms with Crippen LogP contribution in [0.25, 0.3) is 0 Å². The van der Waals surface area contributed by atoms with Gasteiger partial charge in [0.25, 0.3) is 11.8 Å². The van der Waals surface area contributed by atoms with Crippen molar-refractivity contribution in [2.24, 2.45) is 17.8 Å². The van der Waals surface area contributed by atoms with Gasteiger partial charge in [0.2, 0.25) is 17.6 Å². The van der Waals surface area contributed by atoms with Crippen molar-refractivity contribution in [3.8, 4) is 5.75 Å². The topological polar surface area (TPSA) is 107 Å². The summed E-state index contributed by atoms with van der Waals surface area (Å²) in [7, 11) is 0. The average molecular weight is 797 g/mol. The highest BCUT2D eigenvalue weighted by molar-refractivity contribution is 6.58. The van der Waals surface area contributed by atoms with E-state index in [1.54, 1.807) is 30.3 Å². The molecule has 4 fully saturated rings. The maximum atomic E-state index is 15.2. The lowest BCUT2D eigenvalue weighted by Crippen LogP contribution is -2.60. The Morgan fingerprint density at radius 2 is 1.36 bits per heavy atom. The Kier molecular flexibility index (Phi) is 8.37. The Hall–Kier alpha value is -4.24. The molecule has 8 rings (SSSR count). The molecule has 2 aliphatic carbocycles. The molecular weight excluding hydrogens is 772 g/mol. The second kappa shape index (κ2) is 12.4. The number of nitrogens with zero attached hydrogens (tertiary/aromatic N) is 3. The van der Waals surface area contributed by atoms with Crippen LogP contribution in [0.3, 0.4) is 0 Å². The van der Waals surface area contributed by atoms with E-state index in [1.807, 2.05) is 0 Å². The standard InChI is InChI=1S/C36H25Cl3F5N3O6/c37-22-13-17(48)5-6-19(22)24-18-7-8-20-23(32(50)46(31(20)49)16-3-1-15(2-4-16)45-9-11-53-12-10-45)21(18)14-35(38)33(51)47(34(52)36(24,35)39)30-28(43)26(41)25(40)27(42)29(30)44/h1-7,13,20-21,23-24,48H,8-12,14H2/t20-,21+,23-,24+,35+,36-/m0/s1. The van der Waals surface area contributed by atoms with Crippen LogP contribution < -0.4 is 14.7 Å². The molecule has 0 unspecified atom stereocenters. The number of carbonyl (C=O) groups excluding carboxylic acids is 4. The molecule has 3 aromatic carbocycles. The summed E-state index contributed by atoms with van der Waals surface area (Å²) in [4.78, 5) is 54.5. The van der Waals surface area contributed by atoms with E-state index in [2.05, 4.69) is 4.90 Å². The number of morpholine rings is 1. The number of halogens is 8. The smallest absolute Gasteiger partial charge is 0.258 e. The SMILES string of the molecule is O=C1[C@H]2[C@H](CC=C3[C@H]2C[C@@]2(Cl)C(=O)N(c4c(F)c(F)c(F)c(F)c4F)C(=O)[C@@]2(Cl)[C@H]3c2ccc(O)cc2Cl)C(=O)N1c1ccc(N2CCOCC2)cc1. The zero-order valence-corrected chi connectivity index (χ0v) is 29.3. The van der Waals surface area contributed by atoms with Gasteiger partial charge in [-0.3, -0.25) is 24.1 Å². The molecule has 3 aliphatic heterocycles. The number of aromatic hydroxyl groups is 1. The van der Waals surface area contributed by atoms with Crippen LogP contribution in [-0.4, -0.2) is 64.8 Å². The molecule has 1 saturated carbocycles. The van der Waals surface area contributed by atoms with E-state index in [0.29, 0.717) is 26.3 Å². The Bertz CT molecular complexity index is 2160. The molecule has 3 aromatic rings. The number of imide groups is 2. The van der Waals surface area contributed by atoms with E-state index >= 15 is 8.78 Å². The van der Waals surface area contributed by atoms with Crippen molar-refractivity contribution in [1.29, 1.82) is 0 Å². The number of rotatable bonds is 4.